The van der Waals surface area contributed by atoms with Crippen LogP contribution in [-0.4, -0.2) is 22.8 Å². The molecule has 0 fully saturated rings. The number of halogens is 1. The van der Waals surface area contributed by atoms with Crippen molar-refractivity contribution < 1.29 is 9.53 Å². The molecule has 2 aromatic carbocycles. The number of aromatic nitrogens is 2. The molecule has 0 aliphatic rings. The summed E-state index contributed by atoms with van der Waals surface area (Å²) in [5.74, 6) is 0.487. The Kier molecular flexibility index (Phi) is 4.71. The van der Waals surface area contributed by atoms with Crippen LogP contribution in [0, 0.1) is 6.92 Å². The first kappa shape index (κ1) is 16.3. The lowest BCUT2D eigenvalue weighted by atomic mass is 10.1. The average Bonchev–Trinajstić information content (AvgIpc) is 2.98. The van der Waals surface area contributed by atoms with Gasteiger partial charge >= 0.3 is 0 Å². The highest BCUT2D eigenvalue weighted by Gasteiger charge is 2.09. The summed E-state index contributed by atoms with van der Waals surface area (Å²) in [6.45, 7) is 2.57. The zero-order valence-corrected chi connectivity index (χ0v) is 14.3. The smallest absolute Gasteiger partial charge is 0.226 e. The fourth-order valence-corrected chi connectivity index (χ4v) is 2.86. The van der Waals surface area contributed by atoms with Gasteiger partial charge in [0.2, 0.25) is 5.91 Å². The van der Waals surface area contributed by atoms with E-state index in [2.05, 4.69) is 23.4 Å². The Morgan fingerprint density at radius 2 is 2.17 bits per heavy atom. The third-order valence-corrected chi connectivity index (χ3v) is 4.19. The zero-order valence-electron chi connectivity index (χ0n) is 13.5. The van der Waals surface area contributed by atoms with E-state index >= 15 is 0 Å². The predicted molar refractivity (Wildman–Crippen MR) is 95.7 cm³/mol. The number of anilines is 1. The van der Waals surface area contributed by atoms with Gasteiger partial charge in [-0.25, -0.2) is 0 Å². The molecule has 124 valence electrons. The number of methoxy groups -OCH3 is 1. The molecule has 5 nitrogen and oxygen atoms in total. The van der Waals surface area contributed by atoms with Crippen LogP contribution < -0.4 is 10.1 Å². The second-order valence-electron chi connectivity index (χ2n) is 5.52. The maximum Gasteiger partial charge on any atom is 0.226 e. The molecule has 0 aliphatic heterocycles. The molecule has 0 atom stereocenters. The van der Waals surface area contributed by atoms with Crippen LogP contribution in [0.1, 0.15) is 12.0 Å². The number of carbonyl (C=O) groups excluding carboxylic acids is 1. The van der Waals surface area contributed by atoms with Crippen molar-refractivity contribution in [3.63, 3.8) is 0 Å². The molecule has 6 heteroatoms. The summed E-state index contributed by atoms with van der Waals surface area (Å²) < 4.78 is 6.95. The number of rotatable bonds is 5. The van der Waals surface area contributed by atoms with Crippen molar-refractivity contribution in [2.75, 3.05) is 12.4 Å². The molecule has 0 bridgehead atoms. The van der Waals surface area contributed by atoms with Crippen molar-refractivity contribution in [2.24, 2.45) is 0 Å². The van der Waals surface area contributed by atoms with Crippen molar-refractivity contribution in [1.29, 1.82) is 0 Å². The van der Waals surface area contributed by atoms with Gasteiger partial charge in [0.25, 0.3) is 0 Å². The third-order valence-electron chi connectivity index (χ3n) is 3.89. The van der Waals surface area contributed by atoms with Crippen LogP contribution in [0.4, 0.5) is 5.69 Å². The summed E-state index contributed by atoms with van der Waals surface area (Å²) in [5.41, 5.74) is 2.86. The minimum Gasteiger partial charge on any atom is -0.495 e. The fourth-order valence-electron chi connectivity index (χ4n) is 2.60. The second kappa shape index (κ2) is 6.93. The van der Waals surface area contributed by atoms with E-state index < -0.39 is 0 Å². The van der Waals surface area contributed by atoms with Gasteiger partial charge in [0.1, 0.15) is 5.75 Å². The molecule has 1 amide bonds. The lowest BCUT2D eigenvalue weighted by Crippen LogP contribution is -2.15. The fraction of sp³-hybridized carbons (Fsp3) is 0.222. The Balaban J connectivity index is 1.65. The maximum absolute atomic E-state index is 12.1. The van der Waals surface area contributed by atoms with Crippen molar-refractivity contribution in [1.82, 2.24) is 9.78 Å². The van der Waals surface area contributed by atoms with Gasteiger partial charge in [0.05, 0.1) is 30.4 Å². The van der Waals surface area contributed by atoms with Crippen LogP contribution in [0.25, 0.3) is 10.9 Å². The Bertz CT molecular complexity index is 889. The lowest BCUT2D eigenvalue weighted by molar-refractivity contribution is -0.116. The quantitative estimate of drug-likeness (QED) is 0.760. The Labute approximate surface area is 145 Å². The summed E-state index contributed by atoms with van der Waals surface area (Å²) in [7, 11) is 1.55. The van der Waals surface area contributed by atoms with Gasteiger partial charge in [-0.1, -0.05) is 23.7 Å². The monoisotopic (exact) mass is 343 g/mol. The van der Waals surface area contributed by atoms with Crippen molar-refractivity contribution in [3.05, 3.63) is 53.2 Å². The summed E-state index contributed by atoms with van der Waals surface area (Å²) in [4.78, 5) is 12.1. The number of ether oxygens (including phenoxy) is 1. The number of hydrogen-bond donors (Lipinski definition) is 1. The number of nitrogens with zero attached hydrogens (tertiary/aromatic N) is 2. The molecule has 0 aliphatic carbocycles. The topological polar surface area (TPSA) is 56.1 Å². The Hall–Kier alpha value is -2.53. The number of carbonyl (C=O) groups is 1. The van der Waals surface area contributed by atoms with E-state index in [-0.39, 0.29) is 5.91 Å². The molecule has 1 aromatic heterocycles. The first-order valence-electron chi connectivity index (χ1n) is 7.63. The molecular weight excluding hydrogens is 326 g/mol. The molecular formula is C18H18ClN3O2. The average molecular weight is 344 g/mol. The third kappa shape index (κ3) is 3.36. The van der Waals surface area contributed by atoms with E-state index in [0.29, 0.717) is 29.4 Å². The molecule has 3 rings (SSSR count). The van der Waals surface area contributed by atoms with Crippen LogP contribution in [0.5, 0.6) is 5.75 Å². The van der Waals surface area contributed by atoms with Crippen LogP contribution in [0.2, 0.25) is 5.02 Å². The maximum atomic E-state index is 12.1. The molecule has 0 spiro atoms. The lowest BCUT2D eigenvalue weighted by Gasteiger charge is -2.08. The summed E-state index contributed by atoms with van der Waals surface area (Å²) in [5, 5.41) is 8.78. The summed E-state index contributed by atoms with van der Waals surface area (Å²) in [6, 6.07) is 11.2. The van der Waals surface area contributed by atoms with Gasteiger partial charge in [-0.05, 0) is 36.8 Å². The van der Waals surface area contributed by atoms with Gasteiger partial charge in [0, 0.05) is 17.5 Å². The largest absolute Gasteiger partial charge is 0.495 e. The van der Waals surface area contributed by atoms with Gasteiger partial charge in [-0.3, -0.25) is 9.48 Å². The number of nitrogens with one attached hydrogen (secondary N) is 1. The van der Waals surface area contributed by atoms with Crippen molar-refractivity contribution in [3.8, 4) is 5.75 Å². The number of hydrogen-bond acceptors (Lipinski definition) is 3. The highest BCUT2D eigenvalue weighted by Crippen LogP contribution is 2.27. The Morgan fingerprint density at radius 3 is 2.92 bits per heavy atom. The molecule has 1 N–H and O–H groups in total. The van der Waals surface area contributed by atoms with E-state index in [9.17, 15) is 4.79 Å². The number of aryl methyl sites for hydroxylation is 2. The highest BCUT2D eigenvalue weighted by molar-refractivity contribution is 6.32. The van der Waals surface area contributed by atoms with Crippen molar-refractivity contribution in [2.45, 2.75) is 19.9 Å². The normalized spacial score (nSPS) is 10.8. The molecule has 0 unspecified atom stereocenters. The van der Waals surface area contributed by atoms with E-state index in [1.807, 2.05) is 23.0 Å². The molecule has 1 heterocycles. The second-order valence-corrected chi connectivity index (χ2v) is 5.93. The van der Waals surface area contributed by atoms with Gasteiger partial charge < -0.3 is 10.1 Å². The van der Waals surface area contributed by atoms with Crippen LogP contribution in [0.3, 0.4) is 0 Å². The number of benzene rings is 2. The van der Waals surface area contributed by atoms with Gasteiger partial charge in [-0.15, -0.1) is 0 Å². The van der Waals surface area contributed by atoms with Gasteiger partial charge in [0.15, 0.2) is 0 Å². The number of fused-ring (bicyclic) bond motifs is 1. The highest BCUT2D eigenvalue weighted by atomic mass is 35.5. The standard InChI is InChI=1S/C18H18ClN3O2/c1-12-4-3-5-16-14(12)11-20-22(16)9-8-18(23)21-13-6-7-17(24-2)15(19)10-13/h3-7,10-11H,8-9H2,1-2H3,(H,21,23). The first-order chi connectivity index (χ1) is 11.6. The van der Waals surface area contributed by atoms with E-state index in [0.717, 1.165) is 10.9 Å². The molecule has 0 saturated carbocycles. The first-order valence-corrected chi connectivity index (χ1v) is 8.01. The summed E-state index contributed by atoms with van der Waals surface area (Å²) >= 11 is 6.06. The van der Waals surface area contributed by atoms with Crippen LogP contribution in [0.15, 0.2) is 42.6 Å². The van der Waals surface area contributed by atoms with Crippen LogP contribution in [-0.2, 0) is 11.3 Å². The SMILES string of the molecule is COc1ccc(NC(=O)CCn2ncc3c(C)cccc32)cc1Cl. The summed E-state index contributed by atoms with van der Waals surface area (Å²) in [6.07, 6.45) is 2.17. The minimum absolute atomic E-state index is 0.0902. The minimum atomic E-state index is -0.0902. The number of amides is 1. The molecule has 0 radical (unpaired) electrons. The van der Waals surface area contributed by atoms with Crippen molar-refractivity contribution >= 4 is 34.1 Å². The molecule has 24 heavy (non-hydrogen) atoms. The van der Waals surface area contributed by atoms with E-state index in [1.165, 1.54) is 5.56 Å². The van der Waals surface area contributed by atoms with E-state index in [1.54, 1.807) is 25.3 Å². The molecule has 3 aromatic rings. The molecule has 0 saturated heterocycles. The zero-order chi connectivity index (χ0) is 17.1. The Morgan fingerprint density at radius 1 is 1.33 bits per heavy atom. The predicted octanol–water partition coefficient (Wildman–Crippen LogP) is 4.04. The van der Waals surface area contributed by atoms with Gasteiger partial charge in [-0.2, -0.15) is 5.10 Å². The van der Waals surface area contributed by atoms with Crippen LogP contribution >= 0.6 is 11.6 Å². The van der Waals surface area contributed by atoms with E-state index in [4.69, 9.17) is 16.3 Å².